The molecule has 0 atom stereocenters. The predicted molar refractivity (Wildman–Crippen MR) is 77.6 cm³/mol. The Morgan fingerprint density at radius 3 is 2.53 bits per heavy atom. The molecule has 3 heteroatoms. The number of nitrogens with one attached hydrogen (secondary N) is 1. The van der Waals surface area contributed by atoms with Crippen LogP contribution in [0.4, 0.5) is 0 Å². The Balaban J connectivity index is 2.09. The molecular weight excluding hydrogens is 236 g/mol. The fourth-order valence-electron chi connectivity index (χ4n) is 1.84. The molecule has 0 fully saturated rings. The zero-order chi connectivity index (χ0) is 13.7. The third kappa shape index (κ3) is 3.80. The molecule has 0 spiro atoms. The number of rotatable bonds is 5. The van der Waals surface area contributed by atoms with E-state index >= 15 is 0 Å². The van der Waals surface area contributed by atoms with Crippen molar-refractivity contribution in [3.63, 3.8) is 0 Å². The fraction of sp³-hybridized carbons (Fsp3) is 0.312. The number of ether oxygens (including phenoxy) is 1. The van der Waals surface area contributed by atoms with Crippen LogP contribution in [0.5, 0.6) is 11.5 Å². The number of nitrogens with zero attached hydrogens (tertiary/aromatic N) is 1. The van der Waals surface area contributed by atoms with Crippen LogP contribution in [-0.2, 0) is 6.54 Å². The molecule has 2 aromatic rings. The zero-order valence-electron chi connectivity index (χ0n) is 11.7. The van der Waals surface area contributed by atoms with Gasteiger partial charge in [-0.3, -0.25) is 4.98 Å². The van der Waals surface area contributed by atoms with Crippen LogP contribution in [0.15, 0.2) is 36.5 Å². The van der Waals surface area contributed by atoms with E-state index in [0.29, 0.717) is 0 Å². The van der Waals surface area contributed by atoms with E-state index in [9.17, 15) is 0 Å². The molecule has 1 heterocycles. The van der Waals surface area contributed by atoms with Gasteiger partial charge in [0.2, 0.25) is 0 Å². The highest BCUT2D eigenvalue weighted by molar-refractivity contribution is 5.37. The Morgan fingerprint density at radius 1 is 1.11 bits per heavy atom. The molecule has 0 aliphatic carbocycles. The molecule has 0 saturated heterocycles. The van der Waals surface area contributed by atoms with Crippen LogP contribution in [0.25, 0.3) is 0 Å². The summed E-state index contributed by atoms with van der Waals surface area (Å²) in [6.45, 7) is 8.05. The highest BCUT2D eigenvalue weighted by atomic mass is 16.5. The zero-order valence-corrected chi connectivity index (χ0v) is 11.7. The quantitative estimate of drug-likeness (QED) is 0.887. The Bertz CT molecular complexity index is 535. The topological polar surface area (TPSA) is 34.1 Å². The first-order chi connectivity index (χ1) is 9.19. The van der Waals surface area contributed by atoms with E-state index in [1.807, 2.05) is 25.1 Å². The van der Waals surface area contributed by atoms with Crippen molar-refractivity contribution in [3.8, 4) is 11.5 Å². The average Bonchev–Trinajstić information content (AvgIpc) is 2.41. The molecule has 0 aliphatic heterocycles. The normalized spacial score (nSPS) is 10.5. The van der Waals surface area contributed by atoms with Gasteiger partial charge >= 0.3 is 0 Å². The molecule has 1 aromatic carbocycles. The standard InChI is InChI=1S/C16H20N2O/c1-4-17-10-14-6-8-15(9-12(14)2)19-16-7-5-13(3)18-11-16/h5-9,11,17H,4,10H2,1-3H3. The SMILES string of the molecule is CCNCc1ccc(Oc2ccc(C)nc2)cc1C. The van der Waals surface area contributed by atoms with Crippen LogP contribution in [0.1, 0.15) is 23.7 Å². The predicted octanol–water partition coefficient (Wildman–Crippen LogP) is 3.60. The molecule has 0 unspecified atom stereocenters. The van der Waals surface area contributed by atoms with Crippen molar-refractivity contribution in [1.29, 1.82) is 0 Å². The summed E-state index contributed by atoms with van der Waals surface area (Å²) < 4.78 is 5.79. The first-order valence-corrected chi connectivity index (χ1v) is 6.60. The van der Waals surface area contributed by atoms with Crippen LogP contribution in [0.2, 0.25) is 0 Å². The molecule has 1 N–H and O–H groups in total. The van der Waals surface area contributed by atoms with Gasteiger partial charge in [-0.25, -0.2) is 0 Å². The van der Waals surface area contributed by atoms with Crippen molar-refractivity contribution in [1.82, 2.24) is 10.3 Å². The number of pyridine rings is 1. The van der Waals surface area contributed by atoms with Crippen LogP contribution in [-0.4, -0.2) is 11.5 Å². The maximum Gasteiger partial charge on any atom is 0.145 e. The molecule has 1 aromatic heterocycles. The molecule has 0 saturated carbocycles. The van der Waals surface area contributed by atoms with Gasteiger partial charge in [0.1, 0.15) is 11.5 Å². The van der Waals surface area contributed by atoms with Gasteiger partial charge in [0, 0.05) is 12.2 Å². The lowest BCUT2D eigenvalue weighted by atomic mass is 10.1. The summed E-state index contributed by atoms with van der Waals surface area (Å²) in [6.07, 6.45) is 1.75. The van der Waals surface area contributed by atoms with E-state index in [0.717, 1.165) is 30.3 Å². The Morgan fingerprint density at radius 2 is 1.89 bits per heavy atom. The third-order valence-corrected chi connectivity index (χ3v) is 3.00. The van der Waals surface area contributed by atoms with E-state index < -0.39 is 0 Å². The van der Waals surface area contributed by atoms with E-state index in [2.05, 4.69) is 36.3 Å². The highest BCUT2D eigenvalue weighted by Crippen LogP contribution is 2.23. The molecule has 0 amide bonds. The van der Waals surface area contributed by atoms with Crippen LogP contribution in [0.3, 0.4) is 0 Å². The minimum absolute atomic E-state index is 0.768. The van der Waals surface area contributed by atoms with Crippen molar-refractivity contribution in [2.75, 3.05) is 6.54 Å². The molecule has 0 radical (unpaired) electrons. The minimum Gasteiger partial charge on any atom is -0.456 e. The molecule has 2 rings (SSSR count). The van der Waals surface area contributed by atoms with Gasteiger partial charge < -0.3 is 10.1 Å². The molecule has 0 bridgehead atoms. The molecule has 0 aliphatic rings. The van der Waals surface area contributed by atoms with Gasteiger partial charge in [0.15, 0.2) is 0 Å². The molecule has 3 nitrogen and oxygen atoms in total. The average molecular weight is 256 g/mol. The van der Waals surface area contributed by atoms with Gasteiger partial charge in [0.25, 0.3) is 0 Å². The second kappa shape index (κ2) is 6.34. The van der Waals surface area contributed by atoms with Gasteiger partial charge in [-0.2, -0.15) is 0 Å². The summed E-state index contributed by atoms with van der Waals surface area (Å²) in [5.74, 6) is 1.62. The molecule has 19 heavy (non-hydrogen) atoms. The third-order valence-electron chi connectivity index (χ3n) is 3.00. The first-order valence-electron chi connectivity index (χ1n) is 6.60. The van der Waals surface area contributed by atoms with Crippen LogP contribution in [0, 0.1) is 13.8 Å². The molecule has 100 valence electrons. The van der Waals surface area contributed by atoms with Gasteiger partial charge in [-0.05, 0) is 55.8 Å². The van der Waals surface area contributed by atoms with Crippen molar-refractivity contribution in [2.24, 2.45) is 0 Å². The largest absolute Gasteiger partial charge is 0.456 e. The van der Waals surface area contributed by atoms with Crippen LogP contribution >= 0.6 is 0 Å². The van der Waals surface area contributed by atoms with Gasteiger partial charge in [-0.1, -0.05) is 13.0 Å². The fourth-order valence-corrected chi connectivity index (χ4v) is 1.84. The Kier molecular flexibility index (Phi) is 4.53. The Hall–Kier alpha value is -1.87. The van der Waals surface area contributed by atoms with Crippen molar-refractivity contribution < 1.29 is 4.74 Å². The lowest BCUT2D eigenvalue weighted by molar-refractivity contribution is 0.479. The first kappa shape index (κ1) is 13.6. The van der Waals surface area contributed by atoms with E-state index in [1.165, 1.54) is 11.1 Å². The summed E-state index contributed by atoms with van der Waals surface area (Å²) in [5.41, 5.74) is 3.53. The summed E-state index contributed by atoms with van der Waals surface area (Å²) >= 11 is 0. The van der Waals surface area contributed by atoms with E-state index in [1.54, 1.807) is 6.20 Å². The summed E-state index contributed by atoms with van der Waals surface area (Å²) in [5, 5.41) is 3.33. The number of aryl methyl sites for hydroxylation is 2. The minimum atomic E-state index is 0.768. The maximum absolute atomic E-state index is 5.79. The van der Waals surface area contributed by atoms with Gasteiger partial charge in [-0.15, -0.1) is 0 Å². The second-order valence-electron chi connectivity index (χ2n) is 4.61. The number of hydrogen-bond acceptors (Lipinski definition) is 3. The summed E-state index contributed by atoms with van der Waals surface area (Å²) in [4.78, 5) is 4.22. The smallest absolute Gasteiger partial charge is 0.145 e. The summed E-state index contributed by atoms with van der Waals surface area (Å²) in [7, 11) is 0. The lowest BCUT2D eigenvalue weighted by Gasteiger charge is -2.10. The van der Waals surface area contributed by atoms with E-state index in [-0.39, 0.29) is 0 Å². The van der Waals surface area contributed by atoms with Crippen LogP contribution < -0.4 is 10.1 Å². The Labute approximate surface area is 114 Å². The number of benzene rings is 1. The van der Waals surface area contributed by atoms with Crippen molar-refractivity contribution in [3.05, 3.63) is 53.3 Å². The molecular formula is C16H20N2O. The van der Waals surface area contributed by atoms with Gasteiger partial charge in [0.05, 0.1) is 6.20 Å². The number of hydrogen-bond donors (Lipinski definition) is 1. The van der Waals surface area contributed by atoms with Crippen molar-refractivity contribution >= 4 is 0 Å². The maximum atomic E-state index is 5.79. The lowest BCUT2D eigenvalue weighted by Crippen LogP contribution is -2.12. The highest BCUT2D eigenvalue weighted by Gasteiger charge is 2.02. The van der Waals surface area contributed by atoms with E-state index in [4.69, 9.17) is 4.74 Å². The monoisotopic (exact) mass is 256 g/mol. The summed E-state index contributed by atoms with van der Waals surface area (Å²) in [6, 6.07) is 10.0. The van der Waals surface area contributed by atoms with Crippen molar-refractivity contribution in [2.45, 2.75) is 27.3 Å². The second-order valence-corrected chi connectivity index (χ2v) is 4.61. The number of aromatic nitrogens is 1.